The fourth-order valence-electron chi connectivity index (χ4n) is 9.34. The van der Waals surface area contributed by atoms with Crippen LogP contribution < -0.4 is 10.6 Å². The van der Waals surface area contributed by atoms with Gasteiger partial charge >= 0.3 is 5.97 Å². The number of ether oxygens (including phenoxy) is 7. The number of likely N-dealkylation sites (N-methyl/N-ethyl adjacent to an activating group) is 1. The number of aliphatic hydroxyl groups is 4. The highest BCUT2D eigenvalue weighted by Gasteiger charge is 2.53. The molecule has 0 radical (unpaired) electrons. The summed E-state index contributed by atoms with van der Waals surface area (Å²) in [5, 5.41) is 52.9. The molecule has 3 aliphatic rings. The van der Waals surface area contributed by atoms with Crippen LogP contribution in [0.15, 0.2) is 30.3 Å². The van der Waals surface area contributed by atoms with Crippen LogP contribution in [-0.2, 0) is 49.3 Å². The summed E-state index contributed by atoms with van der Waals surface area (Å²) >= 11 is 5.80. The largest absolute Gasteiger partial charge is 0.459 e. The van der Waals surface area contributed by atoms with E-state index in [2.05, 4.69) is 10.6 Å². The number of benzene rings is 1. The van der Waals surface area contributed by atoms with Gasteiger partial charge in [-0.2, -0.15) is 0 Å². The van der Waals surface area contributed by atoms with Crippen LogP contribution in [-0.4, -0.2) is 154 Å². The Kier molecular flexibility index (Phi) is 18.2. The number of amides is 1. The molecule has 3 heterocycles. The number of esters is 1. The number of methoxy groups -OCH3 is 2. The van der Waals surface area contributed by atoms with Gasteiger partial charge in [0, 0.05) is 46.1 Å². The summed E-state index contributed by atoms with van der Waals surface area (Å²) in [4.78, 5) is 30.1. The Balaban J connectivity index is 1.80. The van der Waals surface area contributed by atoms with Crippen molar-refractivity contribution in [2.45, 2.75) is 192 Å². The van der Waals surface area contributed by atoms with E-state index in [1.807, 2.05) is 56.1 Å². The Morgan fingerprint density at radius 1 is 0.935 bits per heavy atom. The molecular weight excluding hydrogens is 823 g/mol. The summed E-state index contributed by atoms with van der Waals surface area (Å²) < 4.78 is 44.5. The van der Waals surface area contributed by atoms with E-state index in [-0.39, 0.29) is 19.3 Å². The van der Waals surface area contributed by atoms with Gasteiger partial charge in [-0.15, -0.1) is 0 Å². The number of nitrogens with one attached hydrogen (secondary N) is 2. The van der Waals surface area contributed by atoms with Gasteiger partial charge < -0.3 is 69.1 Å². The Morgan fingerprint density at radius 2 is 1.56 bits per heavy atom. The second-order valence-electron chi connectivity index (χ2n) is 18.5. The second kappa shape index (κ2) is 21.6. The molecular formula is C45H75N3O13S. The van der Waals surface area contributed by atoms with Gasteiger partial charge in [0.1, 0.15) is 30.0 Å². The van der Waals surface area contributed by atoms with Crippen LogP contribution in [0.3, 0.4) is 0 Å². The van der Waals surface area contributed by atoms with Gasteiger partial charge in [-0.05, 0) is 85.5 Å². The van der Waals surface area contributed by atoms with Crippen molar-refractivity contribution in [1.82, 2.24) is 15.5 Å². The van der Waals surface area contributed by atoms with E-state index >= 15 is 0 Å². The molecule has 0 unspecified atom stereocenters. The van der Waals surface area contributed by atoms with E-state index in [4.69, 9.17) is 45.4 Å². The lowest BCUT2D eigenvalue weighted by Crippen LogP contribution is -2.62. The highest BCUT2D eigenvalue weighted by atomic mass is 32.1. The molecule has 1 amide bonds. The quantitative estimate of drug-likeness (QED) is 0.147. The maximum Gasteiger partial charge on any atom is 0.311 e. The average molecular weight is 898 g/mol. The lowest BCUT2D eigenvalue weighted by molar-refractivity contribution is -0.318. The third-order valence-corrected chi connectivity index (χ3v) is 14.0. The Labute approximate surface area is 373 Å². The third kappa shape index (κ3) is 11.8. The summed E-state index contributed by atoms with van der Waals surface area (Å²) in [5.41, 5.74) is -3.32. The number of cyclic esters (lactones) is 1. The average Bonchev–Trinajstić information content (AvgIpc) is 3.24. The first-order valence-electron chi connectivity index (χ1n) is 22.0. The van der Waals surface area contributed by atoms with Crippen molar-refractivity contribution >= 4 is 29.2 Å². The first-order valence-corrected chi connectivity index (χ1v) is 22.4. The fourth-order valence-corrected chi connectivity index (χ4v) is 9.55. The zero-order chi connectivity index (χ0) is 46.5. The summed E-state index contributed by atoms with van der Waals surface area (Å²) in [7, 11) is 4.80. The monoisotopic (exact) mass is 898 g/mol. The van der Waals surface area contributed by atoms with E-state index in [0.29, 0.717) is 18.1 Å². The van der Waals surface area contributed by atoms with Crippen LogP contribution in [0.25, 0.3) is 0 Å². The number of hydrogen-bond acceptors (Lipinski definition) is 14. The zero-order valence-corrected chi connectivity index (χ0v) is 39.7. The van der Waals surface area contributed by atoms with E-state index in [1.54, 1.807) is 48.5 Å². The minimum absolute atomic E-state index is 0.0623. The van der Waals surface area contributed by atoms with Crippen LogP contribution in [0.1, 0.15) is 100 Å². The maximum absolute atomic E-state index is 14.4. The molecule has 62 heavy (non-hydrogen) atoms. The molecule has 0 spiro atoms. The molecule has 4 rings (SSSR count). The molecule has 1 aromatic rings. The van der Waals surface area contributed by atoms with Crippen LogP contribution >= 0.6 is 12.2 Å². The first-order chi connectivity index (χ1) is 28.9. The summed E-state index contributed by atoms with van der Waals surface area (Å²) in [6.45, 7) is 17.4. The van der Waals surface area contributed by atoms with Crippen molar-refractivity contribution in [1.29, 1.82) is 0 Å². The molecule has 3 saturated heterocycles. The highest BCUT2D eigenvalue weighted by Crippen LogP contribution is 2.41. The molecule has 0 saturated carbocycles. The molecule has 0 bridgehead atoms. The van der Waals surface area contributed by atoms with Crippen molar-refractivity contribution in [2.75, 3.05) is 21.3 Å². The maximum atomic E-state index is 14.4. The lowest BCUT2D eigenvalue weighted by Gasteiger charge is -2.49. The third-order valence-electron chi connectivity index (χ3n) is 13.6. The normalized spacial score (nSPS) is 42.8. The van der Waals surface area contributed by atoms with Crippen molar-refractivity contribution < 1.29 is 63.2 Å². The van der Waals surface area contributed by atoms with Gasteiger partial charge in [0.05, 0.1) is 53.6 Å². The number of rotatable bonds is 10. The number of aliphatic hydroxyl groups excluding tert-OH is 3. The Hall–Kier alpha value is -2.55. The fraction of sp³-hybridized carbons (Fsp3) is 0.800. The molecule has 16 nitrogen and oxygen atoms in total. The summed E-state index contributed by atoms with van der Waals surface area (Å²) in [5.74, 6) is -3.77. The number of hydrogen-bond donors (Lipinski definition) is 6. The van der Waals surface area contributed by atoms with Gasteiger partial charge in [0.2, 0.25) is 5.91 Å². The van der Waals surface area contributed by atoms with E-state index in [0.717, 1.165) is 5.56 Å². The lowest BCUT2D eigenvalue weighted by atomic mass is 9.77. The van der Waals surface area contributed by atoms with Gasteiger partial charge in [0.25, 0.3) is 0 Å². The molecule has 0 aromatic heterocycles. The molecule has 1 aromatic carbocycles. The molecule has 3 aliphatic heterocycles. The SMILES string of the molecule is CC[C@H]1OC(=O)[C@H](C)[C@@H](O[C@H]2C[C@@](C)(OC)[C@@H](O)[C@H](C)O2)[C@H](C)[C@@H](O[C@@H]2O[C@H](C)C[C@H](N(C)C(=S)NCc3ccccc3)[C@H]2O)[C@](C)(OC)C[C@@H](C)C(=O)N[C@H](C)[C@@H](O)[C@]1(C)O. The van der Waals surface area contributed by atoms with E-state index < -0.39 is 120 Å². The van der Waals surface area contributed by atoms with Crippen molar-refractivity contribution in [2.24, 2.45) is 17.8 Å². The molecule has 6 N–H and O–H groups in total. The summed E-state index contributed by atoms with van der Waals surface area (Å²) in [6.07, 6.45) is -9.70. The van der Waals surface area contributed by atoms with Gasteiger partial charge in [-0.1, -0.05) is 51.1 Å². The second-order valence-corrected chi connectivity index (χ2v) is 18.9. The smallest absolute Gasteiger partial charge is 0.311 e. The molecule has 0 aliphatic carbocycles. The van der Waals surface area contributed by atoms with Crippen molar-refractivity contribution in [3.63, 3.8) is 0 Å². The number of carbonyl (C=O) groups is 2. The Morgan fingerprint density at radius 3 is 2.16 bits per heavy atom. The van der Waals surface area contributed by atoms with Crippen LogP contribution in [0, 0.1) is 17.8 Å². The van der Waals surface area contributed by atoms with Crippen molar-refractivity contribution in [3.8, 4) is 0 Å². The number of nitrogens with zero attached hydrogens (tertiary/aromatic N) is 1. The number of carbonyl (C=O) groups excluding carboxylic acids is 2. The minimum atomic E-state index is -1.97. The highest BCUT2D eigenvalue weighted by molar-refractivity contribution is 7.80. The molecule has 354 valence electrons. The predicted molar refractivity (Wildman–Crippen MR) is 234 cm³/mol. The van der Waals surface area contributed by atoms with Crippen LogP contribution in [0.4, 0.5) is 0 Å². The predicted octanol–water partition coefficient (Wildman–Crippen LogP) is 3.18. The van der Waals surface area contributed by atoms with Gasteiger partial charge in [-0.3, -0.25) is 9.59 Å². The molecule has 17 heteroatoms. The van der Waals surface area contributed by atoms with E-state index in [9.17, 15) is 30.0 Å². The zero-order valence-electron chi connectivity index (χ0n) is 38.9. The Bertz CT molecular complexity index is 1630. The minimum Gasteiger partial charge on any atom is -0.459 e. The molecule has 3 fully saturated rings. The molecule has 18 atom stereocenters. The van der Waals surface area contributed by atoms with Crippen molar-refractivity contribution in [3.05, 3.63) is 35.9 Å². The number of thiocarbonyl (C=S) groups is 1. The van der Waals surface area contributed by atoms with Crippen LogP contribution in [0.2, 0.25) is 0 Å². The first kappa shape index (κ1) is 52.1. The standard InChI is InChI=1S/C45H75N3O13S/c1-14-32-45(10,54)36(50)28(6)47-39(52)24(2)21-44(9,56-13)38(26(4)35(27(5)40(53)59-32)60-33-22-43(8,55-12)37(51)29(7)58-33)61-41-34(49)31(20-25(3)57-41)48(11)42(62)46-23-30-18-16-15-17-19-30/h15-19,24-29,31-38,41,49-51,54H,14,20-23H2,1-13H3,(H,46,62)(H,47,52)/t24-,25-,26+,27-,28-,29+,31+,32-,33+,34-,35+,36-,37+,38-,41+,43-,44-,45-/m1/s1. The van der Waals surface area contributed by atoms with Crippen LogP contribution in [0.5, 0.6) is 0 Å². The van der Waals surface area contributed by atoms with Gasteiger partial charge in [-0.25, -0.2) is 0 Å². The topological polar surface area (TPSA) is 207 Å². The van der Waals surface area contributed by atoms with E-state index in [1.165, 1.54) is 21.1 Å². The summed E-state index contributed by atoms with van der Waals surface area (Å²) in [6, 6.07) is 8.33. The van der Waals surface area contributed by atoms with Gasteiger partial charge in [0.15, 0.2) is 17.7 Å².